The predicted octanol–water partition coefficient (Wildman–Crippen LogP) is 3.54. The quantitative estimate of drug-likeness (QED) is 0.835. The summed E-state index contributed by atoms with van der Waals surface area (Å²) in [6.07, 6.45) is -4.63. The Bertz CT molecular complexity index is 437. The molecule has 0 heterocycles. The van der Waals surface area contributed by atoms with Gasteiger partial charge in [-0.1, -0.05) is 15.9 Å². The molecule has 0 fully saturated rings. The molecule has 0 saturated heterocycles. The third kappa shape index (κ3) is 2.67. The second kappa shape index (κ2) is 4.74. The van der Waals surface area contributed by atoms with Gasteiger partial charge in [0.1, 0.15) is 5.75 Å². The summed E-state index contributed by atoms with van der Waals surface area (Å²) in [6, 6.07) is 4.17. The minimum Gasteiger partial charge on any atom is -0.496 e. The number of hydrogen-bond donors (Lipinski definition) is 0. The van der Waals surface area contributed by atoms with Crippen molar-refractivity contribution in [2.45, 2.75) is 12.6 Å². The summed E-state index contributed by atoms with van der Waals surface area (Å²) in [5, 5.41) is 8.52. The van der Waals surface area contributed by atoms with Crippen molar-refractivity contribution in [3.8, 4) is 11.8 Å². The van der Waals surface area contributed by atoms with Gasteiger partial charge in [0.15, 0.2) is 0 Å². The van der Waals surface area contributed by atoms with Gasteiger partial charge in [0.25, 0.3) is 0 Å². The second-order valence-electron chi connectivity index (χ2n) is 2.98. The number of rotatable bonds is 2. The van der Waals surface area contributed by atoms with Crippen LogP contribution in [0.5, 0.6) is 5.75 Å². The molecule has 1 aromatic carbocycles. The average Bonchev–Trinajstić information content (AvgIpc) is 2.16. The number of alkyl halides is 3. The summed E-state index contributed by atoms with van der Waals surface area (Å²) >= 11 is 2.97. The minimum atomic E-state index is -4.50. The first-order valence-electron chi connectivity index (χ1n) is 4.20. The second-order valence-corrected chi connectivity index (χ2v) is 3.89. The van der Waals surface area contributed by atoms with E-state index in [1.165, 1.54) is 6.07 Å². The summed E-state index contributed by atoms with van der Waals surface area (Å²) in [5.74, 6) is -0.294. The lowest BCUT2D eigenvalue weighted by Gasteiger charge is -2.15. The molecule has 0 saturated carbocycles. The molecule has 1 rings (SSSR count). The van der Waals surface area contributed by atoms with Gasteiger partial charge >= 0.3 is 6.18 Å². The van der Waals surface area contributed by atoms with Crippen LogP contribution in [0.25, 0.3) is 0 Å². The molecule has 0 atom stereocenters. The molecule has 0 aliphatic heterocycles. The van der Waals surface area contributed by atoms with Crippen LogP contribution in [-0.2, 0) is 12.6 Å². The summed E-state index contributed by atoms with van der Waals surface area (Å²) in [5.41, 5.74) is -0.665. The standard InChI is InChI=1S/C10H7BrF3NO/c1-16-9-6(2-3-15)4-7(11)5-8(9)10(12,13)14/h4-5H,2H2,1H3. The predicted molar refractivity (Wildman–Crippen MR) is 55.0 cm³/mol. The lowest BCUT2D eigenvalue weighted by molar-refractivity contribution is -0.138. The largest absolute Gasteiger partial charge is 0.496 e. The minimum absolute atomic E-state index is 0.133. The average molecular weight is 294 g/mol. The van der Waals surface area contributed by atoms with Gasteiger partial charge in [-0.25, -0.2) is 0 Å². The Hall–Kier alpha value is -1.22. The van der Waals surface area contributed by atoms with Crippen molar-refractivity contribution in [2.24, 2.45) is 0 Å². The topological polar surface area (TPSA) is 33.0 Å². The zero-order valence-electron chi connectivity index (χ0n) is 8.23. The van der Waals surface area contributed by atoms with Crippen LogP contribution in [-0.4, -0.2) is 7.11 Å². The highest BCUT2D eigenvalue weighted by Crippen LogP contribution is 2.40. The first kappa shape index (κ1) is 12.8. The molecule has 0 amide bonds. The molecule has 6 heteroatoms. The molecule has 86 valence electrons. The first-order valence-corrected chi connectivity index (χ1v) is 5.00. The molecule has 16 heavy (non-hydrogen) atoms. The van der Waals surface area contributed by atoms with Gasteiger partial charge in [-0.2, -0.15) is 18.4 Å². The molecule has 0 aliphatic rings. The normalized spacial score (nSPS) is 11.0. The highest BCUT2D eigenvalue weighted by molar-refractivity contribution is 9.10. The Balaban J connectivity index is 3.43. The third-order valence-electron chi connectivity index (χ3n) is 1.91. The van der Waals surface area contributed by atoms with E-state index in [2.05, 4.69) is 15.9 Å². The zero-order chi connectivity index (χ0) is 12.3. The van der Waals surface area contributed by atoms with E-state index in [-0.39, 0.29) is 22.2 Å². The molecule has 0 spiro atoms. The van der Waals surface area contributed by atoms with E-state index in [0.29, 0.717) is 0 Å². The fourth-order valence-corrected chi connectivity index (χ4v) is 1.82. The van der Waals surface area contributed by atoms with Gasteiger partial charge < -0.3 is 4.74 Å². The molecular formula is C10H7BrF3NO. The Morgan fingerprint density at radius 2 is 2.06 bits per heavy atom. The van der Waals surface area contributed by atoms with E-state index in [0.717, 1.165) is 13.2 Å². The Morgan fingerprint density at radius 3 is 2.50 bits per heavy atom. The highest BCUT2D eigenvalue weighted by atomic mass is 79.9. The van der Waals surface area contributed by atoms with Gasteiger partial charge in [-0.3, -0.25) is 0 Å². The number of ether oxygens (including phenoxy) is 1. The Morgan fingerprint density at radius 1 is 1.44 bits per heavy atom. The molecule has 0 bridgehead atoms. The van der Waals surface area contributed by atoms with E-state index in [1.807, 2.05) is 0 Å². The van der Waals surface area contributed by atoms with Gasteiger partial charge in [-0.05, 0) is 12.1 Å². The van der Waals surface area contributed by atoms with Crippen LogP contribution >= 0.6 is 15.9 Å². The van der Waals surface area contributed by atoms with Crippen molar-refractivity contribution in [3.05, 3.63) is 27.7 Å². The van der Waals surface area contributed by atoms with E-state index in [1.54, 1.807) is 6.07 Å². The van der Waals surface area contributed by atoms with Crippen molar-refractivity contribution in [3.63, 3.8) is 0 Å². The van der Waals surface area contributed by atoms with Gasteiger partial charge in [0.2, 0.25) is 0 Å². The molecule has 2 nitrogen and oxygen atoms in total. The summed E-state index contributed by atoms with van der Waals surface area (Å²) in [7, 11) is 1.15. The van der Waals surface area contributed by atoms with Crippen LogP contribution < -0.4 is 4.74 Å². The lowest BCUT2D eigenvalue weighted by Crippen LogP contribution is -2.09. The maximum absolute atomic E-state index is 12.7. The Kier molecular flexibility index (Phi) is 3.81. The first-order chi connectivity index (χ1) is 7.40. The van der Waals surface area contributed by atoms with Crippen molar-refractivity contribution < 1.29 is 17.9 Å². The fraction of sp³-hybridized carbons (Fsp3) is 0.300. The van der Waals surface area contributed by atoms with Crippen LogP contribution in [0.15, 0.2) is 16.6 Å². The Labute approximate surface area is 98.8 Å². The SMILES string of the molecule is COc1c(CC#N)cc(Br)cc1C(F)(F)F. The third-order valence-corrected chi connectivity index (χ3v) is 2.37. The monoisotopic (exact) mass is 293 g/mol. The number of nitrogens with zero attached hydrogens (tertiary/aromatic N) is 1. The van der Waals surface area contributed by atoms with E-state index in [4.69, 9.17) is 10.00 Å². The molecule has 0 unspecified atom stereocenters. The number of benzene rings is 1. The molecule has 0 aromatic heterocycles. The highest BCUT2D eigenvalue weighted by Gasteiger charge is 2.35. The number of nitriles is 1. The number of hydrogen-bond acceptors (Lipinski definition) is 2. The van der Waals surface area contributed by atoms with Gasteiger partial charge in [-0.15, -0.1) is 0 Å². The molecule has 0 aliphatic carbocycles. The van der Waals surface area contributed by atoms with Gasteiger partial charge in [0.05, 0.1) is 25.2 Å². The lowest BCUT2D eigenvalue weighted by atomic mass is 10.1. The smallest absolute Gasteiger partial charge is 0.420 e. The summed E-state index contributed by atoms with van der Waals surface area (Å²) < 4.78 is 42.9. The van der Waals surface area contributed by atoms with Crippen LogP contribution in [0.2, 0.25) is 0 Å². The van der Waals surface area contributed by atoms with E-state index >= 15 is 0 Å². The maximum Gasteiger partial charge on any atom is 0.420 e. The maximum atomic E-state index is 12.7. The summed E-state index contributed by atoms with van der Waals surface area (Å²) in [6.45, 7) is 0. The zero-order valence-corrected chi connectivity index (χ0v) is 9.82. The number of methoxy groups -OCH3 is 1. The van der Waals surface area contributed by atoms with Crippen LogP contribution in [0.3, 0.4) is 0 Å². The summed E-state index contributed by atoms with van der Waals surface area (Å²) in [4.78, 5) is 0. The van der Waals surface area contributed by atoms with Crippen molar-refractivity contribution in [1.82, 2.24) is 0 Å². The van der Waals surface area contributed by atoms with Crippen LogP contribution in [0.4, 0.5) is 13.2 Å². The van der Waals surface area contributed by atoms with Crippen LogP contribution in [0.1, 0.15) is 11.1 Å². The van der Waals surface area contributed by atoms with E-state index < -0.39 is 11.7 Å². The van der Waals surface area contributed by atoms with E-state index in [9.17, 15) is 13.2 Å². The van der Waals surface area contributed by atoms with Crippen molar-refractivity contribution in [1.29, 1.82) is 5.26 Å². The molecular weight excluding hydrogens is 287 g/mol. The molecule has 0 N–H and O–H groups in total. The van der Waals surface area contributed by atoms with Crippen LogP contribution in [0, 0.1) is 11.3 Å². The van der Waals surface area contributed by atoms with Crippen molar-refractivity contribution in [2.75, 3.05) is 7.11 Å². The van der Waals surface area contributed by atoms with Gasteiger partial charge in [0, 0.05) is 10.0 Å². The molecule has 1 aromatic rings. The number of halogens is 4. The van der Waals surface area contributed by atoms with Crippen molar-refractivity contribution >= 4 is 15.9 Å². The molecule has 0 radical (unpaired) electrons. The fourth-order valence-electron chi connectivity index (χ4n) is 1.32.